The van der Waals surface area contributed by atoms with Crippen molar-refractivity contribution in [2.75, 3.05) is 7.11 Å². The summed E-state index contributed by atoms with van der Waals surface area (Å²) in [6, 6.07) is 8.13. The molecule has 1 unspecified atom stereocenters. The van der Waals surface area contributed by atoms with Crippen LogP contribution in [0.15, 0.2) is 43.0 Å². The molecule has 1 aromatic heterocycles. The van der Waals surface area contributed by atoms with Crippen LogP contribution < -0.4 is 4.74 Å². The monoisotopic (exact) mass is 264 g/mol. The first-order valence-electron chi connectivity index (χ1n) is 6.00. The molecule has 1 heterocycles. The van der Waals surface area contributed by atoms with Gasteiger partial charge in [0.05, 0.1) is 18.8 Å². The van der Waals surface area contributed by atoms with Gasteiger partial charge in [0.2, 0.25) is 0 Å². The quantitative estimate of drug-likeness (QED) is 0.750. The average Bonchev–Trinajstić information content (AvgIpc) is 2.90. The fraction of sp³-hybridized carbons (Fsp3) is 0.357. The minimum Gasteiger partial charge on any atom is -0.497 e. The first-order chi connectivity index (χ1) is 8.78. The van der Waals surface area contributed by atoms with Crippen molar-refractivity contribution in [2.45, 2.75) is 24.8 Å². The molecule has 0 saturated carbocycles. The molecule has 18 heavy (non-hydrogen) atoms. The van der Waals surface area contributed by atoms with Crippen LogP contribution in [0.5, 0.6) is 5.75 Å². The van der Waals surface area contributed by atoms with E-state index in [9.17, 15) is 0 Å². The summed E-state index contributed by atoms with van der Waals surface area (Å²) in [5.41, 5.74) is 1.28. The number of ether oxygens (including phenoxy) is 1. The highest BCUT2D eigenvalue weighted by atomic mass is 35.5. The van der Waals surface area contributed by atoms with Crippen molar-refractivity contribution in [2.24, 2.45) is 0 Å². The molecule has 0 aliphatic heterocycles. The van der Waals surface area contributed by atoms with Crippen LogP contribution in [0.25, 0.3) is 0 Å². The molecule has 0 aliphatic carbocycles. The number of alkyl halides is 1. The molecule has 0 N–H and O–H groups in total. The fourth-order valence-electron chi connectivity index (χ4n) is 1.83. The molecule has 2 aromatic rings. The highest BCUT2D eigenvalue weighted by Gasteiger charge is 2.06. The Morgan fingerprint density at radius 3 is 2.72 bits per heavy atom. The summed E-state index contributed by atoms with van der Waals surface area (Å²) in [5.74, 6) is 0.889. The van der Waals surface area contributed by atoms with Gasteiger partial charge in [0.25, 0.3) is 0 Å². The number of hydrogen-bond donors (Lipinski definition) is 0. The lowest BCUT2D eigenvalue weighted by atomic mass is 10.1. The maximum atomic E-state index is 6.31. The van der Waals surface area contributed by atoms with Crippen molar-refractivity contribution in [3.63, 3.8) is 0 Å². The van der Waals surface area contributed by atoms with Gasteiger partial charge in [0, 0.05) is 18.9 Å². The second kappa shape index (κ2) is 6.45. The molecule has 4 heteroatoms. The van der Waals surface area contributed by atoms with Gasteiger partial charge in [-0.3, -0.25) is 0 Å². The number of benzene rings is 1. The first-order valence-corrected chi connectivity index (χ1v) is 6.44. The Labute approximate surface area is 112 Å². The number of aryl methyl sites for hydroxylation is 1. The van der Waals surface area contributed by atoms with E-state index in [0.717, 1.165) is 25.1 Å². The third-order valence-electron chi connectivity index (χ3n) is 2.87. The predicted octanol–water partition coefficient (Wildman–Crippen LogP) is 3.13. The highest BCUT2D eigenvalue weighted by molar-refractivity contribution is 6.20. The van der Waals surface area contributed by atoms with Crippen molar-refractivity contribution in [3.05, 3.63) is 48.5 Å². The van der Waals surface area contributed by atoms with E-state index in [1.54, 1.807) is 19.6 Å². The lowest BCUT2D eigenvalue weighted by Crippen LogP contribution is -2.10. The van der Waals surface area contributed by atoms with Crippen molar-refractivity contribution in [1.82, 2.24) is 9.55 Å². The van der Waals surface area contributed by atoms with Gasteiger partial charge in [-0.25, -0.2) is 4.98 Å². The third kappa shape index (κ3) is 3.77. The van der Waals surface area contributed by atoms with Crippen molar-refractivity contribution in [3.8, 4) is 5.75 Å². The Morgan fingerprint density at radius 1 is 1.33 bits per heavy atom. The van der Waals surface area contributed by atoms with Crippen LogP contribution in [0.3, 0.4) is 0 Å². The molecule has 1 atom stereocenters. The van der Waals surface area contributed by atoms with Crippen molar-refractivity contribution < 1.29 is 4.74 Å². The summed E-state index contributed by atoms with van der Waals surface area (Å²) in [4.78, 5) is 4.00. The van der Waals surface area contributed by atoms with E-state index in [0.29, 0.717) is 0 Å². The van der Waals surface area contributed by atoms with E-state index in [1.807, 2.05) is 22.9 Å². The van der Waals surface area contributed by atoms with E-state index in [-0.39, 0.29) is 5.38 Å². The van der Waals surface area contributed by atoms with Crippen LogP contribution >= 0.6 is 11.6 Å². The van der Waals surface area contributed by atoms with Gasteiger partial charge in [-0.15, -0.1) is 11.6 Å². The van der Waals surface area contributed by atoms with Crippen molar-refractivity contribution in [1.29, 1.82) is 0 Å². The number of imidazole rings is 1. The molecular formula is C14H17ClN2O. The molecule has 96 valence electrons. The number of hydrogen-bond acceptors (Lipinski definition) is 2. The lowest BCUT2D eigenvalue weighted by molar-refractivity contribution is 0.414. The van der Waals surface area contributed by atoms with Gasteiger partial charge in [-0.2, -0.15) is 0 Å². The Morgan fingerprint density at radius 2 is 2.11 bits per heavy atom. The molecule has 1 aromatic carbocycles. The highest BCUT2D eigenvalue weighted by Crippen LogP contribution is 2.15. The fourth-order valence-corrected chi connectivity index (χ4v) is 2.10. The first kappa shape index (κ1) is 13.0. The minimum absolute atomic E-state index is 0.126. The Balaban J connectivity index is 1.79. The number of methoxy groups -OCH3 is 1. The summed E-state index contributed by atoms with van der Waals surface area (Å²) >= 11 is 6.31. The van der Waals surface area contributed by atoms with Crippen LogP contribution in [0, 0.1) is 0 Å². The summed E-state index contributed by atoms with van der Waals surface area (Å²) in [5, 5.41) is 0.126. The van der Waals surface area contributed by atoms with Crippen LogP contribution in [0.2, 0.25) is 0 Å². The molecule has 3 nitrogen and oxygen atoms in total. The molecule has 0 saturated heterocycles. The lowest BCUT2D eigenvalue weighted by Gasteiger charge is -2.10. The third-order valence-corrected chi connectivity index (χ3v) is 3.23. The van der Waals surface area contributed by atoms with E-state index in [1.165, 1.54) is 5.56 Å². The number of nitrogens with zero attached hydrogens (tertiary/aromatic N) is 2. The molecule has 0 bridgehead atoms. The zero-order valence-corrected chi connectivity index (χ0v) is 11.2. The van der Waals surface area contributed by atoms with Gasteiger partial charge in [-0.05, 0) is 30.5 Å². The minimum atomic E-state index is 0.126. The normalized spacial score (nSPS) is 12.3. The largest absolute Gasteiger partial charge is 0.497 e. The summed E-state index contributed by atoms with van der Waals surface area (Å²) < 4.78 is 7.13. The number of aromatic nitrogens is 2. The zero-order valence-electron chi connectivity index (χ0n) is 10.4. The van der Waals surface area contributed by atoms with Gasteiger partial charge in [0.1, 0.15) is 5.75 Å². The second-order valence-corrected chi connectivity index (χ2v) is 4.86. The number of rotatable bonds is 6. The molecule has 0 fully saturated rings. The summed E-state index contributed by atoms with van der Waals surface area (Å²) in [7, 11) is 1.68. The van der Waals surface area contributed by atoms with Crippen LogP contribution in [-0.4, -0.2) is 22.0 Å². The molecule has 2 rings (SSSR count). The Hall–Kier alpha value is -1.48. The maximum absolute atomic E-state index is 6.31. The second-order valence-electron chi connectivity index (χ2n) is 4.24. The van der Waals surface area contributed by atoms with Gasteiger partial charge in [-0.1, -0.05) is 12.1 Å². The van der Waals surface area contributed by atoms with Gasteiger partial charge >= 0.3 is 0 Å². The SMILES string of the molecule is COc1ccc(CCC(Cl)Cn2ccnc2)cc1. The van der Waals surface area contributed by atoms with E-state index < -0.39 is 0 Å². The smallest absolute Gasteiger partial charge is 0.118 e. The van der Waals surface area contributed by atoms with Gasteiger partial charge < -0.3 is 9.30 Å². The zero-order chi connectivity index (χ0) is 12.8. The van der Waals surface area contributed by atoms with Crippen LogP contribution in [-0.2, 0) is 13.0 Å². The summed E-state index contributed by atoms with van der Waals surface area (Å²) in [6.45, 7) is 0.803. The Kier molecular flexibility index (Phi) is 4.65. The van der Waals surface area contributed by atoms with E-state index in [4.69, 9.17) is 16.3 Å². The molecule has 0 radical (unpaired) electrons. The average molecular weight is 265 g/mol. The molecular weight excluding hydrogens is 248 g/mol. The maximum Gasteiger partial charge on any atom is 0.118 e. The van der Waals surface area contributed by atoms with Crippen LogP contribution in [0.4, 0.5) is 0 Å². The predicted molar refractivity (Wildman–Crippen MR) is 73.2 cm³/mol. The van der Waals surface area contributed by atoms with E-state index in [2.05, 4.69) is 17.1 Å². The van der Waals surface area contributed by atoms with E-state index >= 15 is 0 Å². The molecule has 0 spiro atoms. The number of halogens is 1. The molecule has 0 aliphatic rings. The van der Waals surface area contributed by atoms with Crippen molar-refractivity contribution >= 4 is 11.6 Å². The van der Waals surface area contributed by atoms with Gasteiger partial charge in [0.15, 0.2) is 0 Å². The Bertz CT molecular complexity index is 453. The topological polar surface area (TPSA) is 27.1 Å². The van der Waals surface area contributed by atoms with Crippen LogP contribution in [0.1, 0.15) is 12.0 Å². The standard InChI is InChI=1S/C14H17ClN2O/c1-18-14-6-3-12(4-7-14)2-5-13(15)10-17-9-8-16-11-17/h3-4,6-9,11,13H,2,5,10H2,1H3. The summed E-state index contributed by atoms with van der Waals surface area (Å²) in [6.07, 6.45) is 7.43. The molecule has 0 amide bonds.